The highest BCUT2D eigenvalue weighted by Crippen LogP contribution is 2.29. The zero-order valence-electron chi connectivity index (χ0n) is 11.0. The van der Waals surface area contributed by atoms with E-state index in [2.05, 4.69) is 0 Å². The molecule has 0 radical (unpaired) electrons. The molecule has 0 bridgehead atoms. The van der Waals surface area contributed by atoms with Crippen molar-refractivity contribution < 1.29 is 23.8 Å². The minimum Gasteiger partial charge on any atom is -0.462 e. The molecule has 20 heavy (non-hydrogen) atoms. The van der Waals surface area contributed by atoms with Gasteiger partial charge in [-0.15, -0.1) is 0 Å². The van der Waals surface area contributed by atoms with E-state index in [0.29, 0.717) is 30.3 Å². The van der Waals surface area contributed by atoms with E-state index >= 15 is 0 Å². The number of esters is 2. The van der Waals surface area contributed by atoms with Crippen molar-refractivity contribution in [2.75, 3.05) is 19.8 Å². The van der Waals surface area contributed by atoms with E-state index in [9.17, 15) is 9.59 Å². The smallest absolute Gasteiger partial charge is 0.338 e. The van der Waals surface area contributed by atoms with Gasteiger partial charge in [0.1, 0.15) is 12.7 Å². The van der Waals surface area contributed by atoms with Crippen LogP contribution in [0.15, 0.2) is 24.3 Å². The lowest BCUT2D eigenvalue weighted by atomic mass is 10.1. The molecule has 106 valence electrons. The van der Waals surface area contributed by atoms with Crippen LogP contribution in [0.25, 0.3) is 0 Å². The SMILES string of the molecule is O=C(OCC1CC1)c1cccc(C(=O)OCC2CO2)c1. The minimum absolute atomic E-state index is 0.0330. The maximum atomic E-state index is 11.8. The topological polar surface area (TPSA) is 65.1 Å². The van der Waals surface area contributed by atoms with E-state index in [4.69, 9.17) is 14.2 Å². The molecule has 1 aromatic carbocycles. The van der Waals surface area contributed by atoms with Crippen LogP contribution in [0.2, 0.25) is 0 Å². The summed E-state index contributed by atoms with van der Waals surface area (Å²) in [5.41, 5.74) is 0.731. The Bertz CT molecular complexity index is 474. The molecule has 2 fully saturated rings. The lowest BCUT2D eigenvalue weighted by Crippen LogP contribution is -2.12. The lowest BCUT2D eigenvalue weighted by molar-refractivity contribution is 0.0476. The van der Waals surface area contributed by atoms with Gasteiger partial charge in [0.25, 0.3) is 0 Å². The van der Waals surface area contributed by atoms with Crippen LogP contribution in [-0.2, 0) is 14.2 Å². The van der Waals surface area contributed by atoms with Crippen molar-refractivity contribution >= 4 is 11.9 Å². The molecule has 1 saturated carbocycles. The van der Waals surface area contributed by atoms with Crippen LogP contribution in [0.1, 0.15) is 33.6 Å². The van der Waals surface area contributed by atoms with Crippen LogP contribution in [-0.4, -0.2) is 37.9 Å². The Hall–Kier alpha value is -1.88. The number of carbonyl (C=O) groups excluding carboxylic acids is 2. The maximum Gasteiger partial charge on any atom is 0.338 e. The van der Waals surface area contributed by atoms with Gasteiger partial charge in [-0.05, 0) is 37.0 Å². The molecule has 0 spiro atoms. The van der Waals surface area contributed by atoms with Gasteiger partial charge in [0.15, 0.2) is 0 Å². The van der Waals surface area contributed by atoms with Crippen molar-refractivity contribution in [2.24, 2.45) is 5.92 Å². The van der Waals surface area contributed by atoms with E-state index in [1.807, 2.05) is 0 Å². The molecule has 3 rings (SSSR count). The van der Waals surface area contributed by atoms with Gasteiger partial charge in [0, 0.05) is 0 Å². The van der Waals surface area contributed by atoms with Crippen LogP contribution >= 0.6 is 0 Å². The number of rotatable bonds is 6. The highest BCUT2D eigenvalue weighted by atomic mass is 16.6. The first-order valence-electron chi connectivity index (χ1n) is 6.78. The third kappa shape index (κ3) is 3.57. The van der Waals surface area contributed by atoms with Gasteiger partial charge >= 0.3 is 11.9 Å². The average molecular weight is 276 g/mol. The molecule has 0 N–H and O–H groups in total. The van der Waals surface area contributed by atoms with Crippen molar-refractivity contribution in [2.45, 2.75) is 18.9 Å². The fourth-order valence-corrected chi connectivity index (χ4v) is 1.75. The molecular weight excluding hydrogens is 260 g/mol. The molecule has 2 aliphatic rings. The molecule has 1 saturated heterocycles. The molecule has 1 atom stereocenters. The third-order valence-electron chi connectivity index (χ3n) is 3.28. The summed E-state index contributed by atoms with van der Waals surface area (Å²) in [5.74, 6) is -0.319. The van der Waals surface area contributed by atoms with E-state index in [-0.39, 0.29) is 12.7 Å². The fourth-order valence-electron chi connectivity index (χ4n) is 1.75. The molecule has 0 amide bonds. The van der Waals surface area contributed by atoms with Gasteiger partial charge in [0.05, 0.1) is 24.3 Å². The van der Waals surface area contributed by atoms with Crippen LogP contribution in [0, 0.1) is 5.92 Å². The van der Waals surface area contributed by atoms with Crippen LogP contribution in [0.4, 0.5) is 0 Å². The van der Waals surface area contributed by atoms with Crippen molar-refractivity contribution in [1.82, 2.24) is 0 Å². The summed E-state index contributed by atoms with van der Waals surface area (Å²) >= 11 is 0. The van der Waals surface area contributed by atoms with Crippen molar-refractivity contribution in [3.05, 3.63) is 35.4 Å². The Kier molecular flexibility index (Phi) is 3.69. The van der Waals surface area contributed by atoms with Gasteiger partial charge in [-0.25, -0.2) is 9.59 Å². The minimum atomic E-state index is -0.447. The Morgan fingerprint density at radius 1 is 1.10 bits per heavy atom. The molecular formula is C15H16O5. The first-order valence-corrected chi connectivity index (χ1v) is 6.78. The van der Waals surface area contributed by atoms with Gasteiger partial charge in [-0.1, -0.05) is 6.07 Å². The first-order chi connectivity index (χ1) is 9.72. The predicted molar refractivity (Wildman–Crippen MR) is 69.5 cm³/mol. The van der Waals surface area contributed by atoms with Crippen molar-refractivity contribution in [1.29, 1.82) is 0 Å². The van der Waals surface area contributed by atoms with Crippen LogP contribution in [0.3, 0.4) is 0 Å². The summed E-state index contributed by atoms with van der Waals surface area (Å²) in [4.78, 5) is 23.6. The van der Waals surface area contributed by atoms with E-state index < -0.39 is 11.9 Å². The standard InChI is InChI=1S/C15H16O5/c16-14(19-7-10-4-5-10)11-2-1-3-12(6-11)15(17)20-9-13-8-18-13/h1-3,6,10,13H,4-5,7-9H2. The van der Waals surface area contributed by atoms with Crippen molar-refractivity contribution in [3.63, 3.8) is 0 Å². The quantitative estimate of drug-likeness (QED) is 0.585. The van der Waals surface area contributed by atoms with Crippen molar-refractivity contribution in [3.8, 4) is 0 Å². The summed E-state index contributed by atoms with van der Waals surface area (Å²) in [7, 11) is 0. The van der Waals surface area contributed by atoms with E-state index in [1.54, 1.807) is 18.2 Å². The largest absolute Gasteiger partial charge is 0.462 e. The number of hydrogen-bond donors (Lipinski definition) is 0. The maximum absolute atomic E-state index is 11.8. The second-order valence-electron chi connectivity index (χ2n) is 5.18. The van der Waals surface area contributed by atoms with Gasteiger partial charge in [-0.2, -0.15) is 0 Å². The van der Waals surface area contributed by atoms with Crippen LogP contribution in [0.5, 0.6) is 0 Å². The summed E-state index contributed by atoms with van der Waals surface area (Å²) in [6.45, 7) is 1.36. The average Bonchev–Trinajstić information content (AvgIpc) is 3.36. The second kappa shape index (κ2) is 5.63. The monoisotopic (exact) mass is 276 g/mol. The fraction of sp³-hybridized carbons (Fsp3) is 0.467. The first kappa shape index (κ1) is 13.1. The Balaban J connectivity index is 1.58. The molecule has 1 aliphatic carbocycles. The third-order valence-corrected chi connectivity index (χ3v) is 3.28. The number of epoxide rings is 1. The number of hydrogen-bond acceptors (Lipinski definition) is 5. The molecule has 0 aromatic heterocycles. The summed E-state index contributed by atoms with van der Waals surface area (Å²) in [6, 6.07) is 6.41. The normalized spacial score (nSPS) is 20.3. The van der Waals surface area contributed by atoms with Gasteiger partial charge in [-0.3, -0.25) is 0 Å². The molecule has 5 nitrogen and oxygen atoms in total. The lowest BCUT2D eigenvalue weighted by Gasteiger charge is -2.06. The molecule has 1 unspecified atom stereocenters. The summed E-state index contributed by atoms with van der Waals surface area (Å²) in [6.07, 6.45) is 2.29. The number of benzene rings is 1. The summed E-state index contributed by atoms with van der Waals surface area (Å²) < 4.78 is 15.2. The van der Waals surface area contributed by atoms with Gasteiger partial charge in [0.2, 0.25) is 0 Å². The Morgan fingerprint density at radius 2 is 1.70 bits per heavy atom. The molecule has 1 aliphatic heterocycles. The zero-order chi connectivity index (χ0) is 13.9. The zero-order valence-corrected chi connectivity index (χ0v) is 11.0. The van der Waals surface area contributed by atoms with E-state index in [0.717, 1.165) is 12.8 Å². The molecule has 1 aromatic rings. The number of ether oxygens (including phenoxy) is 3. The van der Waals surface area contributed by atoms with Crippen LogP contribution < -0.4 is 0 Å². The number of carbonyl (C=O) groups is 2. The highest BCUT2D eigenvalue weighted by molar-refractivity contribution is 5.95. The predicted octanol–water partition coefficient (Wildman–Crippen LogP) is 1.81. The van der Waals surface area contributed by atoms with E-state index in [1.165, 1.54) is 6.07 Å². The summed E-state index contributed by atoms with van der Waals surface area (Å²) in [5, 5.41) is 0. The Labute approximate surface area is 116 Å². The Morgan fingerprint density at radius 3 is 2.25 bits per heavy atom. The van der Waals surface area contributed by atoms with Gasteiger partial charge < -0.3 is 14.2 Å². The highest BCUT2D eigenvalue weighted by Gasteiger charge is 2.25. The second-order valence-corrected chi connectivity index (χ2v) is 5.18. The molecule has 1 heterocycles. The molecule has 5 heteroatoms.